The van der Waals surface area contributed by atoms with E-state index in [0.717, 1.165) is 46.1 Å². The monoisotopic (exact) mass is 352 g/mol. The van der Waals surface area contributed by atoms with E-state index in [9.17, 15) is 9.59 Å². The summed E-state index contributed by atoms with van der Waals surface area (Å²) in [5.74, 6) is -1.34. The average molecular weight is 352 g/mol. The van der Waals surface area contributed by atoms with Crippen molar-refractivity contribution in [2.75, 3.05) is 0 Å². The average Bonchev–Trinajstić information content (AvgIpc) is 2.49. The van der Waals surface area contributed by atoms with Gasteiger partial charge in [0.2, 0.25) is 0 Å². The van der Waals surface area contributed by atoms with E-state index in [1.54, 1.807) is 0 Å². The van der Waals surface area contributed by atoms with Crippen molar-refractivity contribution in [3.05, 3.63) is 0 Å². The molecule has 0 radical (unpaired) electrons. The normalized spacial score (nSPS) is 8.95. The van der Waals surface area contributed by atoms with Crippen molar-refractivity contribution in [3.63, 3.8) is 0 Å². The Morgan fingerprint density at radius 2 is 0.909 bits per heavy atom. The standard InChI is InChI=1S/2C8H16O2.O.Ti/c2*1-2-3-4-5-6-7-8(9)10;;/h2*2-7H2,1H3,(H,9,10);;. The van der Waals surface area contributed by atoms with Gasteiger partial charge in [0.25, 0.3) is 0 Å². The first-order valence-electron chi connectivity index (χ1n) is 8.18. The second-order valence-corrected chi connectivity index (χ2v) is 5.12. The summed E-state index contributed by atoms with van der Waals surface area (Å²) in [6, 6.07) is 0. The molecule has 0 fully saturated rings. The molecule has 0 atom stereocenters. The molecule has 0 amide bonds. The van der Waals surface area contributed by atoms with Crippen LogP contribution in [-0.4, -0.2) is 22.2 Å². The molecule has 5 nitrogen and oxygen atoms in total. The molecule has 22 heavy (non-hydrogen) atoms. The van der Waals surface area contributed by atoms with Gasteiger partial charge in [-0.15, -0.1) is 0 Å². The van der Waals surface area contributed by atoms with Crippen LogP contribution in [0.25, 0.3) is 0 Å². The summed E-state index contributed by atoms with van der Waals surface area (Å²) < 4.78 is 8.25. The maximum atomic E-state index is 10.0. The number of hydrogen-bond acceptors (Lipinski definition) is 3. The Morgan fingerprint density at radius 3 is 1.14 bits per heavy atom. The van der Waals surface area contributed by atoms with Gasteiger partial charge in [0, 0.05) is 12.8 Å². The number of carbonyl (C=O) groups is 2. The first-order valence-corrected chi connectivity index (χ1v) is 8.82. The maximum absolute atomic E-state index is 10.0. The minimum atomic E-state index is -0.670. The van der Waals surface area contributed by atoms with Crippen molar-refractivity contribution < 1.29 is 43.5 Å². The molecule has 0 aliphatic carbocycles. The van der Waals surface area contributed by atoms with Gasteiger partial charge in [-0.1, -0.05) is 65.2 Å². The van der Waals surface area contributed by atoms with Crippen molar-refractivity contribution in [2.45, 2.75) is 90.9 Å². The third kappa shape index (κ3) is 36.6. The van der Waals surface area contributed by atoms with Crippen LogP contribution < -0.4 is 0 Å². The van der Waals surface area contributed by atoms with E-state index in [1.807, 2.05) is 0 Å². The zero-order chi connectivity index (χ0) is 17.6. The number of aliphatic carboxylic acids is 2. The summed E-state index contributed by atoms with van der Waals surface area (Å²) in [4.78, 5) is 20.1. The van der Waals surface area contributed by atoms with Gasteiger partial charge >= 0.3 is 35.7 Å². The van der Waals surface area contributed by atoms with Crippen LogP contribution in [0.5, 0.6) is 0 Å². The molecule has 0 aromatic rings. The SMILES string of the molecule is CCCCCCCC(=O)O.CCCCCCCC(=O)O.[O]=[Ti]. The van der Waals surface area contributed by atoms with Gasteiger partial charge in [-0.3, -0.25) is 9.59 Å². The third-order valence-electron chi connectivity index (χ3n) is 2.99. The third-order valence-corrected chi connectivity index (χ3v) is 2.99. The number of carboxylic acid groups (broad SMARTS) is 2. The Bertz CT molecular complexity index is 223. The quantitative estimate of drug-likeness (QED) is 0.391. The first-order chi connectivity index (χ1) is 10.5. The van der Waals surface area contributed by atoms with Crippen molar-refractivity contribution in [1.82, 2.24) is 0 Å². The van der Waals surface area contributed by atoms with Crippen LogP contribution in [0.2, 0.25) is 0 Å². The fourth-order valence-corrected chi connectivity index (χ4v) is 1.76. The van der Waals surface area contributed by atoms with E-state index in [-0.39, 0.29) is 0 Å². The predicted molar refractivity (Wildman–Crippen MR) is 82.7 cm³/mol. The van der Waals surface area contributed by atoms with Gasteiger partial charge in [0.15, 0.2) is 0 Å². The van der Waals surface area contributed by atoms with Gasteiger partial charge < -0.3 is 10.2 Å². The molecule has 0 rings (SSSR count). The van der Waals surface area contributed by atoms with Gasteiger partial charge in [-0.05, 0) is 12.8 Å². The van der Waals surface area contributed by atoms with Crippen LogP contribution in [0, 0.1) is 0 Å². The summed E-state index contributed by atoms with van der Waals surface area (Å²) in [6.45, 7) is 4.30. The second kappa shape index (κ2) is 25.4. The Kier molecular flexibility index (Phi) is 30.4. The van der Waals surface area contributed by atoms with E-state index in [4.69, 9.17) is 13.5 Å². The van der Waals surface area contributed by atoms with Crippen LogP contribution in [0.3, 0.4) is 0 Å². The molecule has 0 aliphatic rings. The fourth-order valence-electron chi connectivity index (χ4n) is 1.76. The molecule has 6 heteroatoms. The topological polar surface area (TPSA) is 91.7 Å². The van der Waals surface area contributed by atoms with Gasteiger partial charge in [0.1, 0.15) is 0 Å². The summed E-state index contributed by atoms with van der Waals surface area (Å²) in [6.07, 6.45) is 11.8. The van der Waals surface area contributed by atoms with Gasteiger partial charge in [-0.2, -0.15) is 0 Å². The van der Waals surface area contributed by atoms with Crippen LogP contribution in [0.4, 0.5) is 0 Å². The van der Waals surface area contributed by atoms with Crippen LogP contribution in [-0.2, 0) is 33.3 Å². The molecule has 0 spiro atoms. The van der Waals surface area contributed by atoms with E-state index >= 15 is 0 Å². The van der Waals surface area contributed by atoms with E-state index in [0.29, 0.717) is 12.8 Å². The van der Waals surface area contributed by atoms with Crippen molar-refractivity contribution in [3.8, 4) is 0 Å². The van der Waals surface area contributed by atoms with Crippen LogP contribution in [0.15, 0.2) is 0 Å². The molecule has 0 heterocycles. The van der Waals surface area contributed by atoms with Crippen LogP contribution >= 0.6 is 0 Å². The van der Waals surface area contributed by atoms with Crippen molar-refractivity contribution >= 4 is 11.9 Å². The zero-order valence-corrected chi connectivity index (χ0v) is 15.7. The Hall–Kier alpha value is -0.546. The number of hydrogen-bond donors (Lipinski definition) is 2. The van der Waals surface area contributed by atoms with E-state index in [1.165, 1.54) is 38.5 Å². The molecule has 0 bridgehead atoms. The number of unbranched alkanes of at least 4 members (excludes halogenated alkanes) is 8. The van der Waals surface area contributed by atoms with E-state index in [2.05, 4.69) is 13.8 Å². The predicted octanol–water partition coefficient (Wildman–Crippen LogP) is 4.74. The number of carboxylic acids is 2. The molecule has 0 saturated heterocycles. The molecular weight excluding hydrogens is 320 g/mol. The van der Waals surface area contributed by atoms with Crippen molar-refractivity contribution in [1.29, 1.82) is 0 Å². The van der Waals surface area contributed by atoms with Gasteiger partial charge in [0.05, 0.1) is 0 Å². The Balaban J connectivity index is -0.000000294. The molecule has 0 aromatic heterocycles. The van der Waals surface area contributed by atoms with Gasteiger partial charge in [-0.25, -0.2) is 0 Å². The fraction of sp³-hybridized carbons (Fsp3) is 0.875. The molecule has 0 aliphatic heterocycles. The summed E-state index contributed by atoms with van der Waals surface area (Å²) in [5.41, 5.74) is 0. The molecule has 0 unspecified atom stereocenters. The molecule has 0 saturated carbocycles. The summed E-state index contributed by atoms with van der Waals surface area (Å²) in [7, 11) is 0. The number of rotatable bonds is 12. The van der Waals surface area contributed by atoms with E-state index < -0.39 is 11.9 Å². The molecule has 0 aromatic carbocycles. The summed E-state index contributed by atoms with van der Waals surface area (Å²) >= 11 is 0.750. The zero-order valence-electron chi connectivity index (χ0n) is 14.1. The molecular formula is C16H32O5Ti. The molecule has 130 valence electrons. The Labute approximate surface area is 146 Å². The molecule has 2 N–H and O–H groups in total. The summed E-state index contributed by atoms with van der Waals surface area (Å²) in [5, 5.41) is 16.5. The minimum absolute atomic E-state index is 0.337. The Morgan fingerprint density at radius 1 is 0.636 bits per heavy atom. The van der Waals surface area contributed by atoms with Crippen molar-refractivity contribution in [2.24, 2.45) is 0 Å². The first kappa shape index (κ1) is 26.4. The van der Waals surface area contributed by atoms with Crippen LogP contribution in [0.1, 0.15) is 90.9 Å². The second-order valence-electron chi connectivity index (χ2n) is 5.12.